The molecule has 0 radical (unpaired) electrons. The standard InChI is InChI=1S/C6H6Cl2N2/c7-2-4-1-5(9)6(8)10-3-4/h1,3H,2,9H2. The second kappa shape index (κ2) is 3.08. The molecule has 4 heteroatoms. The molecular weight excluding hydrogens is 171 g/mol. The number of rotatable bonds is 1. The highest BCUT2D eigenvalue weighted by Gasteiger charge is 1.97. The SMILES string of the molecule is Nc1cc(CCl)cnc1Cl. The zero-order valence-electron chi connectivity index (χ0n) is 5.14. The van der Waals surface area contributed by atoms with Crippen molar-refractivity contribution >= 4 is 28.9 Å². The second-order valence-electron chi connectivity index (χ2n) is 1.86. The van der Waals surface area contributed by atoms with Crippen molar-refractivity contribution in [2.24, 2.45) is 0 Å². The third kappa shape index (κ3) is 1.52. The summed E-state index contributed by atoms with van der Waals surface area (Å²) in [5.74, 6) is 0.411. The molecule has 54 valence electrons. The zero-order valence-corrected chi connectivity index (χ0v) is 6.65. The van der Waals surface area contributed by atoms with Crippen LogP contribution in [0.25, 0.3) is 0 Å². The molecule has 0 aliphatic rings. The molecule has 1 rings (SSSR count). The van der Waals surface area contributed by atoms with Gasteiger partial charge in [-0.25, -0.2) is 4.98 Å². The fourth-order valence-electron chi connectivity index (χ4n) is 0.584. The molecule has 1 aromatic heterocycles. The fourth-order valence-corrected chi connectivity index (χ4v) is 0.833. The largest absolute Gasteiger partial charge is 0.396 e. The van der Waals surface area contributed by atoms with Gasteiger partial charge in [0, 0.05) is 12.1 Å². The molecule has 1 aromatic rings. The lowest BCUT2D eigenvalue weighted by Gasteiger charge is -1.97. The molecular formula is C6H6Cl2N2. The van der Waals surface area contributed by atoms with Gasteiger partial charge in [-0.1, -0.05) is 11.6 Å². The summed E-state index contributed by atoms with van der Waals surface area (Å²) in [5.41, 5.74) is 6.79. The Balaban J connectivity index is 3.04. The Labute approximate surface area is 69.0 Å². The molecule has 2 nitrogen and oxygen atoms in total. The molecule has 0 unspecified atom stereocenters. The minimum absolute atomic E-state index is 0.328. The number of anilines is 1. The highest BCUT2D eigenvalue weighted by molar-refractivity contribution is 6.31. The first-order valence-corrected chi connectivity index (χ1v) is 3.61. The van der Waals surface area contributed by atoms with Crippen molar-refractivity contribution in [3.05, 3.63) is 23.0 Å². The number of nitrogen functional groups attached to an aromatic ring is 1. The van der Waals surface area contributed by atoms with Crippen molar-refractivity contribution < 1.29 is 0 Å². The Morgan fingerprint density at radius 1 is 1.60 bits per heavy atom. The number of aromatic nitrogens is 1. The molecule has 2 N–H and O–H groups in total. The molecule has 0 atom stereocenters. The van der Waals surface area contributed by atoms with E-state index in [9.17, 15) is 0 Å². The monoisotopic (exact) mass is 176 g/mol. The molecule has 0 amide bonds. The van der Waals surface area contributed by atoms with Crippen molar-refractivity contribution in [2.45, 2.75) is 5.88 Å². The van der Waals surface area contributed by atoms with Gasteiger partial charge in [0.05, 0.1) is 5.69 Å². The van der Waals surface area contributed by atoms with Gasteiger partial charge in [-0.2, -0.15) is 0 Å². The summed E-state index contributed by atoms with van der Waals surface area (Å²) in [6.07, 6.45) is 1.60. The first kappa shape index (κ1) is 7.63. The summed E-state index contributed by atoms with van der Waals surface area (Å²) in [7, 11) is 0. The fraction of sp³-hybridized carbons (Fsp3) is 0.167. The minimum atomic E-state index is 0.328. The Morgan fingerprint density at radius 2 is 2.30 bits per heavy atom. The van der Waals surface area contributed by atoms with Crippen molar-refractivity contribution in [3.63, 3.8) is 0 Å². The van der Waals surface area contributed by atoms with Gasteiger partial charge < -0.3 is 5.73 Å². The number of hydrogen-bond acceptors (Lipinski definition) is 2. The van der Waals surface area contributed by atoms with E-state index in [1.54, 1.807) is 12.3 Å². The quantitative estimate of drug-likeness (QED) is 0.526. The van der Waals surface area contributed by atoms with Crippen molar-refractivity contribution in [1.29, 1.82) is 0 Å². The third-order valence-electron chi connectivity index (χ3n) is 1.08. The molecule has 0 saturated carbocycles. The van der Waals surface area contributed by atoms with E-state index in [4.69, 9.17) is 28.9 Å². The molecule has 0 aliphatic carbocycles. The normalized spacial score (nSPS) is 9.80. The van der Waals surface area contributed by atoms with Crippen LogP contribution >= 0.6 is 23.2 Å². The topological polar surface area (TPSA) is 38.9 Å². The summed E-state index contributed by atoms with van der Waals surface area (Å²) >= 11 is 11.1. The lowest BCUT2D eigenvalue weighted by atomic mass is 10.3. The van der Waals surface area contributed by atoms with Crippen LogP contribution in [0.2, 0.25) is 5.15 Å². The van der Waals surface area contributed by atoms with E-state index in [1.165, 1.54) is 0 Å². The number of pyridine rings is 1. The van der Waals surface area contributed by atoms with Crippen molar-refractivity contribution in [2.75, 3.05) is 5.73 Å². The van der Waals surface area contributed by atoms with Crippen LogP contribution in [0, 0.1) is 0 Å². The second-order valence-corrected chi connectivity index (χ2v) is 2.48. The van der Waals surface area contributed by atoms with Crippen molar-refractivity contribution in [3.8, 4) is 0 Å². The van der Waals surface area contributed by atoms with E-state index in [2.05, 4.69) is 4.98 Å². The number of alkyl halides is 1. The summed E-state index contributed by atoms with van der Waals surface area (Å²) in [6.45, 7) is 0. The van der Waals surface area contributed by atoms with Crippen LogP contribution in [-0.4, -0.2) is 4.98 Å². The van der Waals surface area contributed by atoms with Gasteiger partial charge in [0.1, 0.15) is 0 Å². The average molecular weight is 177 g/mol. The van der Waals surface area contributed by atoms with Gasteiger partial charge in [-0.15, -0.1) is 11.6 Å². The molecule has 0 bridgehead atoms. The van der Waals surface area contributed by atoms with Gasteiger partial charge in [0.15, 0.2) is 5.15 Å². The number of nitrogens with two attached hydrogens (primary N) is 1. The van der Waals surface area contributed by atoms with Gasteiger partial charge in [0.2, 0.25) is 0 Å². The maximum absolute atomic E-state index is 5.56. The lowest BCUT2D eigenvalue weighted by molar-refractivity contribution is 1.25. The Kier molecular flexibility index (Phi) is 2.35. The maximum atomic E-state index is 5.56. The zero-order chi connectivity index (χ0) is 7.56. The van der Waals surface area contributed by atoms with Crippen LogP contribution < -0.4 is 5.73 Å². The van der Waals surface area contributed by atoms with Crippen LogP contribution in [-0.2, 0) is 5.88 Å². The van der Waals surface area contributed by atoms with E-state index in [0.29, 0.717) is 16.7 Å². The number of nitrogens with zero attached hydrogens (tertiary/aromatic N) is 1. The molecule has 0 aliphatic heterocycles. The molecule has 1 heterocycles. The molecule has 0 aromatic carbocycles. The van der Waals surface area contributed by atoms with E-state index in [0.717, 1.165) is 5.56 Å². The van der Waals surface area contributed by atoms with E-state index in [-0.39, 0.29) is 0 Å². The first-order chi connectivity index (χ1) is 4.74. The lowest BCUT2D eigenvalue weighted by Crippen LogP contribution is -1.90. The average Bonchev–Trinajstić information content (AvgIpc) is 1.95. The van der Waals surface area contributed by atoms with E-state index in [1.807, 2.05) is 0 Å². The molecule has 0 saturated heterocycles. The van der Waals surface area contributed by atoms with Crippen LogP contribution in [0.1, 0.15) is 5.56 Å². The van der Waals surface area contributed by atoms with Crippen LogP contribution in [0.4, 0.5) is 5.69 Å². The van der Waals surface area contributed by atoms with Crippen LogP contribution in [0.15, 0.2) is 12.3 Å². The molecule has 0 fully saturated rings. The maximum Gasteiger partial charge on any atom is 0.151 e. The van der Waals surface area contributed by atoms with Gasteiger partial charge in [-0.05, 0) is 11.6 Å². The smallest absolute Gasteiger partial charge is 0.151 e. The van der Waals surface area contributed by atoms with Crippen molar-refractivity contribution in [1.82, 2.24) is 4.98 Å². The summed E-state index contributed by atoms with van der Waals surface area (Å²) in [5, 5.41) is 0.328. The Hall–Kier alpha value is -0.470. The highest BCUT2D eigenvalue weighted by Crippen LogP contribution is 2.16. The minimum Gasteiger partial charge on any atom is -0.396 e. The summed E-state index contributed by atoms with van der Waals surface area (Å²) in [6, 6.07) is 1.71. The first-order valence-electron chi connectivity index (χ1n) is 2.70. The Morgan fingerprint density at radius 3 is 2.80 bits per heavy atom. The third-order valence-corrected chi connectivity index (χ3v) is 1.70. The van der Waals surface area contributed by atoms with Gasteiger partial charge >= 0.3 is 0 Å². The summed E-state index contributed by atoms with van der Waals surface area (Å²) < 4.78 is 0. The van der Waals surface area contributed by atoms with Crippen LogP contribution in [0.5, 0.6) is 0 Å². The van der Waals surface area contributed by atoms with Gasteiger partial charge in [-0.3, -0.25) is 0 Å². The molecule has 10 heavy (non-hydrogen) atoms. The van der Waals surface area contributed by atoms with E-state index < -0.39 is 0 Å². The predicted octanol–water partition coefficient (Wildman–Crippen LogP) is 2.06. The van der Waals surface area contributed by atoms with Gasteiger partial charge in [0.25, 0.3) is 0 Å². The predicted molar refractivity (Wildman–Crippen MR) is 43.2 cm³/mol. The highest BCUT2D eigenvalue weighted by atomic mass is 35.5. The Bertz CT molecular complexity index is 237. The van der Waals surface area contributed by atoms with E-state index >= 15 is 0 Å². The van der Waals surface area contributed by atoms with Crippen LogP contribution in [0.3, 0.4) is 0 Å². The molecule has 0 spiro atoms. The number of halogens is 2. The summed E-state index contributed by atoms with van der Waals surface area (Å²) in [4.78, 5) is 3.81. The number of hydrogen-bond donors (Lipinski definition) is 1.